The number of benzene rings is 1. The number of aromatic nitrogens is 1. The van der Waals surface area contributed by atoms with E-state index in [1.165, 1.54) is 12.1 Å². The zero-order valence-corrected chi connectivity index (χ0v) is 12.8. The van der Waals surface area contributed by atoms with Crippen LogP contribution in [0.1, 0.15) is 29.0 Å². The lowest BCUT2D eigenvalue weighted by Crippen LogP contribution is -2.30. The Hall–Kier alpha value is -1.75. The second-order valence-corrected chi connectivity index (χ2v) is 5.33. The van der Waals surface area contributed by atoms with E-state index in [2.05, 4.69) is 20.9 Å². The van der Waals surface area contributed by atoms with Gasteiger partial charge in [-0.05, 0) is 52.7 Å². The minimum atomic E-state index is -0.289. The Bertz CT molecular complexity index is 616. The molecule has 0 spiro atoms. The molecule has 104 valence electrons. The van der Waals surface area contributed by atoms with Gasteiger partial charge in [0.2, 0.25) is 0 Å². The predicted octanol–water partition coefficient (Wildman–Crippen LogP) is 3.82. The molecule has 0 aliphatic carbocycles. The van der Waals surface area contributed by atoms with E-state index in [4.69, 9.17) is 0 Å². The summed E-state index contributed by atoms with van der Waals surface area (Å²) in [6, 6.07) is 9.49. The van der Waals surface area contributed by atoms with Crippen LogP contribution in [0.4, 0.5) is 4.39 Å². The van der Waals surface area contributed by atoms with E-state index in [1.54, 1.807) is 42.4 Å². The number of carbonyl (C=O) groups is 1. The Balaban J connectivity index is 2.22. The lowest BCUT2D eigenvalue weighted by molar-refractivity contribution is 0.0735. The molecule has 0 saturated carbocycles. The second kappa shape index (κ2) is 6.13. The summed E-state index contributed by atoms with van der Waals surface area (Å²) in [6.07, 6.45) is 1.58. The van der Waals surface area contributed by atoms with Gasteiger partial charge in [0.1, 0.15) is 11.5 Å². The Kier molecular flexibility index (Phi) is 4.49. The molecule has 0 saturated heterocycles. The molecular formula is C15H14BrFN2O. The molecule has 2 aromatic rings. The van der Waals surface area contributed by atoms with Gasteiger partial charge in [-0.3, -0.25) is 4.79 Å². The van der Waals surface area contributed by atoms with Gasteiger partial charge in [0.05, 0.1) is 6.04 Å². The standard InChI is InChI=1S/C15H14BrFN2O/c1-10(11-5-7-12(17)8-6-11)19(2)15(20)14-13(16)4-3-9-18-14/h3-10H,1-2H3. The molecule has 0 N–H and O–H groups in total. The maximum absolute atomic E-state index is 12.9. The number of rotatable bonds is 3. The molecule has 1 unspecified atom stereocenters. The van der Waals surface area contributed by atoms with Crippen LogP contribution in [0.15, 0.2) is 47.1 Å². The highest BCUT2D eigenvalue weighted by Gasteiger charge is 2.21. The van der Waals surface area contributed by atoms with E-state index in [-0.39, 0.29) is 17.8 Å². The molecule has 0 aliphatic rings. The number of halogens is 2. The fraction of sp³-hybridized carbons (Fsp3) is 0.200. The SMILES string of the molecule is CC(c1ccc(F)cc1)N(C)C(=O)c1ncccc1Br. The number of carbonyl (C=O) groups excluding carboxylic acids is 1. The highest BCUT2D eigenvalue weighted by Crippen LogP contribution is 2.23. The lowest BCUT2D eigenvalue weighted by Gasteiger charge is -2.25. The van der Waals surface area contributed by atoms with Crippen LogP contribution in [0.5, 0.6) is 0 Å². The van der Waals surface area contributed by atoms with Crippen LogP contribution in [0.25, 0.3) is 0 Å². The first kappa shape index (κ1) is 14.7. The minimum absolute atomic E-state index is 0.169. The van der Waals surface area contributed by atoms with Crippen molar-refractivity contribution in [1.82, 2.24) is 9.88 Å². The van der Waals surface area contributed by atoms with Crippen molar-refractivity contribution in [1.29, 1.82) is 0 Å². The summed E-state index contributed by atoms with van der Waals surface area (Å²) in [4.78, 5) is 18.1. The molecule has 1 aromatic carbocycles. The maximum atomic E-state index is 12.9. The third kappa shape index (κ3) is 3.04. The van der Waals surface area contributed by atoms with E-state index in [9.17, 15) is 9.18 Å². The molecule has 0 radical (unpaired) electrons. The van der Waals surface area contributed by atoms with E-state index in [1.807, 2.05) is 6.92 Å². The van der Waals surface area contributed by atoms with Crippen LogP contribution >= 0.6 is 15.9 Å². The fourth-order valence-electron chi connectivity index (χ4n) is 1.85. The van der Waals surface area contributed by atoms with Gasteiger partial charge in [0, 0.05) is 17.7 Å². The normalized spacial score (nSPS) is 12.0. The zero-order valence-electron chi connectivity index (χ0n) is 11.2. The highest BCUT2D eigenvalue weighted by atomic mass is 79.9. The summed E-state index contributed by atoms with van der Waals surface area (Å²) in [7, 11) is 1.71. The number of hydrogen-bond acceptors (Lipinski definition) is 2. The van der Waals surface area contributed by atoms with Crippen molar-refractivity contribution < 1.29 is 9.18 Å². The topological polar surface area (TPSA) is 33.2 Å². The van der Waals surface area contributed by atoms with Gasteiger partial charge < -0.3 is 4.90 Å². The number of hydrogen-bond donors (Lipinski definition) is 0. The smallest absolute Gasteiger partial charge is 0.273 e. The first-order valence-electron chi connectivity index (χ1n) is 6.14. The van der Waals surface area contributed by atoms with Crippen LogP contribution in [0.3, 0.4) is 0 Å². The van der Waals surface area contributed by atoms with Gasteiger partial charge in [-0.15, -0.1) is 0 Å². The third-order valence-corrected chi connectivity index (χ3v) is 3.85. The van der Waals surface area contributed by atoms with E-state index in [0.717, 1.165) is 5.56 Å². The lowest BCUT2D eigenvalue weighted by atomic mass is 10.1. The summed E-state index contributed by atoms with van der Waals surface area (Å²) in [5, 5.41) is 0. The Morgan fingerprint density at radius 1 is 1.30 bits per heavy atom. The molecule has 2 rings (SSSR count). The fourth-order valence-corrected chi connectivity index (χ4v) is 2.28. The van der Waals surface area contributed by atoms with Crippen molar-refractivity contribution in [3.8, 4) is 0 Å². The first-order chi connectivity index (χ1) is 9.50. The van der Waals surface area contributed by atoms with Crippen LogP contribution in [-0.4, -0.2) is 22.8 Å². The molecule has 20 heavy (non-hydrogen) atoms. The molecule has 3 nitrogen and oxygen atoms in total. The van der Waals surface area contributed by atoms with Crippen molar-refractivity contribution in [2.24, 2.45) is 0 Å². The largest absolute Gasteiger partial charge is 0.334 e. The Labute approximate surface area is 125 Å². The van der Waals surface area contributed by atoms with Crippen LogP contribution < -0.4 is 0 Å². The summed E-state index contributed by atoms with van der Waals surface area (Å²) in [5.74, 6) is -0.475. The number of pyridine rings is 1. The number of nitrogens with zero attached hydrogens (tertiary/aromatic N) is 2. The van der Waals surface area contributed by atoms with Crippen molar-refractivity contribution >= 4 is 21.8 Å². The van der Waals surface area contributed by atoms with Gasteiger partial charge in [-0.2, -0.15) is 0 Å². The predicted molar refractivity (Wildman–Crippen MR) is 78.8 cm³/mol. The van der Waals surface area contributed by atoms with E-state index < -0.39 is 0 Å². The summed E-state index contributed by atoms with van der Waals surface area (Å²) in [6.45, 7) is 1.89. The Morgan fingerprint density at radius 2 is 1.95 bits per heavy atom. The van der Waals surface area contributed by atoms with Crippen molar-refractivity contribution in [3.63, 3.8) is 0 Å². The van der Waals surface area contributed by atoms with E-state index >= 15 is 0 Å². The summed E-state index contributed by atoms with van der Waals surface area (Å²) in [5.41, 5.74) is 1.23. The first-order valence-corrected chi connectivity index (χ1v) is 6.93. The zero-order chi connectivity index (χ0) is 14.7. The molecule has 0 aliphatic heterocycles. The average Bonchev–Trinajstić information content (AvgIpc) is 2.46. The van der Waals surface area contributed by atoms with Gasteiger partial charge >= 0.3 is 0 Å². The average molecular weight is 337 g/mol. The van der Waals surface area contributed by atoms with Crippen molar-refractivity contribution in [3.05, 3.63) is 64.1 Å². The third-order valence-electron chi connectivity index (χ3n) is 3.21. The second-order valence-electron chi connectivity index (χ2n) is 4.48. The van der Waals surface area contributed by atoms with Crippen LogP contribution in [0, 0.1) is 5.82 Å². The molecular weight excluding hydrogens is 323 g/mol. The summed E-state index contributed by atoms with van der Waals surface area (Å²) >= 11 is 3.32. The van der Waals surface area contributed by atoms with Gasteiger partial charge in [0.25, 0.3) is 5.91 Å². The van der Waals surface area contributed by atoms with E-state index in [0.29, 0.717) is 10.2 Å². The maximum Gasteiger partial charge on any atom is 0.273 e. The molecule has 1 atom stereocenters. The highest BCUT2D eigenvalue weighted by molar-refractivity contribution is 9.10. The van der Waals surface area contributed by atoms with Crippen LogP contribution in [-0.2, 0) is 0 Å². The van der Waals surface area contributed by atoms with Gasteiger partial charge in [-0.25, -0.2) is 9.37 Å². The molecule has 0 bridgehead atoms. The van der Waals surface area contributed by atoms with Crippen LogP contribution in [0.2, 0.25) is 0 Å². The number of amides is 1. The molecule has 5 heteroatoms. The quantitative estimate of drug-likeness (QED) is 0.853. The molecule has 1 aromatic heterocycles. The molecule has 1 heterocycles. The molecule has 0 fully saturated rings. The van der Waals surface area contributed by atoms with Gasteiger partial charge in [-0.1, -0.05) is 12.1 Å². The monoisotopic (exact) mass is 336 g/mol. The Morgan fingerprint density at radius 3 is 2.55 bits per heavy atom. The van der Waals surface area contributed by atoms with Crippen molar-refractivity contribution in [2.75, 3.05) is 7.05 Å². The molecule has 1 amide bonds. The van der Waals surface area contributed by atoms with Gasteiger partial charge in [0.15, 0.2) is 0 Å². The minimum Gasteiger partial charge on any atom is -0.334 e. The van der Waals surface area contributed by atoms with Crippen molar-refractivity contribution in [2.45, 2.75) is 13.0 Å². The summed E-state index contributed by atoms with van der Waals surface area (Å²) < 4.78 is 13.6.